The summed E-state index contributed by atoms with van der Waals surface area (Å²) in [6.07, 6.45) is 1.51. The van der Waals surface area contributed by atoms with Crippen molar-refractivity contribution in [3.63, 3.8) is 0 Å². The molecule has 174 valence electrons. The van der Waals surface area contributed by atoms with Gasteiger partial charge in [0.25, 0.3) is 0 Å². The van der Waals surface area contributed by atoms with E-state index in [1.54, 1.807) is 17.4 Å². The molecule has 3 N–H and O–H groups in total. The molecule has 0 unspecified atom stereocenters. The van der Waals surface area contributed by atoms with E-state index in [0.29, 0.717) is 43.2 Å². The molecule has 2 aromatic heterocycles. The summed E-state index contributed by atoms with van der Waals surface area (Å²) in [6.45, 7) is 2.34. The standard InChI is InChI=1S/C25H25N5O3S/c1-17-6-2-8-19(14-17)27-25(32)28-20-9-3-7-18(15-20)16-26-22(31)11-4-12-23-29-24(30-33-23)21-10-5-13-34-21/h2-3,5-10,13-15H,4,11-12,16H2,1H3,(H,26,31)(H2,27,28,32). The third-order valence-electron chi connectivity index (χ3n) is 4.95. The summed E-state index contributed by atoms with van der Waals surface area (Å²) in [6, 6.07) is 18.5. The number of rotatable bonds is 9. The van der Waals surface area contributed by atoms with Crippen LogP contribution in [0, 0.1) is 6.92 Å². The van der Waals surface area contributed by atoms with Crippen molar-refractivity contribution in [2.75, 3.05) is 10.6 Å². The minimum absolute atomic E-state index is 0.0615. The van der Waals surface area contributed by atoms with Gasteiger partial charge in [-0.2, -0.15) is 4.98 Å². The van der Waals surface area contributed by atoms with Gasteiger partial charge in [0.1, 0.15) is 0 Å². The van der Waals surface area contributed by atoms with Gasteiger partial charge in [-0.25, -0.2) is 4.79 Å². The Labute approximate surface area is 201 Å². The number of benzene rings is 2. The lowest BCUT2D eigenvalue weighted by Crippen LogP contribution is -2.23. The normalized spacial score (nSPS) is 10.6. The Hall–Kier alpha value is -3.98. The molecule has 0 spiro atoms. The minimum atomic E-state index is -0.324. The minimum Gasteiger partial charge on any atom is -0.352 e. The van der Waals surface area contributed by atoms with Crippen LogP contribution in [0.25, 0.3) is 10.7 Å². The quantitative estimate of drug-likeness (QED) is 0.301. The average molecular weight is 476 g/mol. The molecule has 0 bridgehead atoms. The molecular weight excluding hydrogens is 450 g/mol. The zero-order valence-electron chi connectivity index (χ0n) is 18.7. The van der Waals surface area contributed by atoms with Gasteiger partial charge in [0.2, 0.25) is 17.6 Å². The van der Waals surface area contributed by atoms with Crippen LogP contribution < -0.4 is 16.0 Å². The van der Waals surface area contributed by atoms with E-state index in [1.807, 2.05) is 66.9 Å². The molecular formula is C25H25N5O3S. The van der Waals surface area contributed by atoms with Crippen molar-refractivity contribution in [1.82, 2.24) is 15.5 Å². The zero-order valence-corrected chi connectivity index (χ0v) is 19.5. The van der Waals surface area contributed by atoms with Crippen LogP contribution in [-0.4, -0.2) is 22.1 Å². The lowest BCUT2D eigenvalue weighted by Gasteiger charge is -2.10. The van der Waals surface area contributed by atoms with E-state index in [2.05, 4.69) is 26.1 Å². The van der Waals surface area contributed by atoms with Crippen LogP contribution in [0.5, 0.6) is 0 Å². The number of thiophene rings is 1. The van der Waals surface area contributed by atoms with E-state index in [-0.39, 0.29) is 11.9 Å². The highest BCUT2D eigenvalue weighted by Crippen LogP contribution is 2.21. The molecule has 8 nitrogen and oxygen atoms in total. The number of nitrogens with one attached hydrogen (secondary N) is 3. The van der Waals surface area contributed by atoms with Crippen LogP contribution in [-0.2, 0) is 17.8 Å². The summed E-state index contributed by atoms with van der Waals surface area (Å²) in [5, 5.41) is 14.5. The van der Waals surface area contributed by atoms with Crippen molar-refractivity contribution in [1.29, 1.82) is 0 Å². The second-order valence-corrected chi connectivity index (χ2v) is 8.72. The number of aromatic nitrogens is 2. The van der Waals surface area contributed by atoms with E-state index in [9.17, 15) is 9.59 Å². The van der Waals surface area contributed by atoms with Crippen LogP contribution in [0.15, 0.2) is 70.6 Å². The predicted octanol–water partition coefficient (Wildman–Crippen LogP) is 5.39. The van der Waals surface area contributed by atoms with Crippen molar-refractivity contribution >= 4 is 34.6 Å². The van der Waals surface area contributed by atoms with Crippen LogP contribution >= 0.6 is 11.3 Å². The fourth-order valence-electron chi connectivity index (χ4n) is 3.33. The first-order valence-electron chi connectivity index (χ1n) is 10.9. The molecule has 9 heteroatoms. The van der Waals surface area contributed by atoms with E-state index in [4.69, 9.17) is 4.52 Å². The first-order chi connectivity index (χ1) is 16.5. The van der Waals surface area contributed by atoms with Crippen LogP contribution in [0.3, 0.4) is 0 Å². The lowest BCUT2D eigenvalue weighted by molar-refractivity contribution is -0.121. The van der Waals surface area contributed by atoms with Crippen molar-refractivity contribution in [3.05, 3.63) is 83.1 Å². The van der Waals surface area contributed by atoms with Gasteiger partial charge in [-0.15, -0.1) is 11.3 Å². The van der Waals surface area contributed by atoms with Gasteiger partial charge in [0.15, 0.2) is 0 Å². The molecule has 0 fully saturated rings. The third-order valence-corrected chi connectivity index (χ3v) is 5.82. The molecule has 0 aliphatic heterocycles. The average Bonchev–Trinajstić information content (AvgIpc) is 3.50. The molecule has 0 radical (unpaired) electrons. The summed E-state index contributed by atoms with van der Waals surface area (Å²) >= 11 is 1.55. The molecule has 0 aliphatic rings. The van der Waals surface area contributed by atoms with Gasteiger partial charge in [0, 0.05) is 30.8 Å². The summed E-state index contributed by atoms with van der Waals surface area (Å²) in [5.41, 5.74) is 3.33. The Morgan fingerprint density at radius 2 is 1.79 bits per heavy atom. The predicted molar refractivity (Wildman–Crippen MR) is 133 cm³/mol. The van der Waals surface area contributed by atoms with Crippen molar-refractivity contribution in [3.8, 4) is 10.7 Å². The number of nitrogens with zero attached hydrogens (tertiary/aromatic N) is 2. The molecule has 0 saturated carbocycles. The molecule has 4 aromatic rings. The largest absolute Gasteiger partial charge is 0.352 e. The van der Waals surface area contributed by atoms with E-state index in [1.165, 1.54) is 0 Å². The number of hydrogen-bond donors (Lipinski definition) is 3. The smallest absolute Gasteiger partial charge is 0.323 e. The van der Waals surface area contributed by atoms with Crippen molar-refractivity contribution in [2.45, 2.75) is 32.7 Å². The number of carbonyl (C=O) groups excluding carboxylic acids is 2. The van der Waals surface area contributed by atoms with E-state index in [0.717, 1.165) is 21.7 Å². The number of amides is 3. The number of anilines is 2. The lowest BCUT2D eigenvalue weighted by atomic mass is 10.2. The topological polar surface area (TPSA) is 109 Å². The fourth-order valence-corrected chi connectivity index (χ4v) is 3.98. The van der Waals surface area contributed by atoms with Gasteiger partial charge in [-0.05, 0) is 60.2 Å². The monoisotopic (exact) mass is 475 g/mol. The zero-order chi connectivity index (χ0) is 23.8. The molecule has 0 saturated heterocycles. The Balaban J connectivity index is 1.19. The number of aryl methyl sites for hydroxylation is 2. The van der Waals surface area contributed by atoms with E-state index >= 15 is 0 Å². The molecule has 4 rings (SSSR count). The summed E-state index contributed by atoms with van der Waals surface area (Å²) in [5.74, 6) is 1.04. The Morgan fingerprint density at radius 3 is 2.56 bits per heavy atom. The number of carbonyl (C=O) groups is 2. The Bertz CT molecular complexity index is 1250. The fraction of sp³-hybridized carbons (Fsp3) is 0.200. The first-order valence-corrected chi connectivity index (χ1v) is 11.8. The molecule has 2 heterocycles. The van der Waals surface area contributed by atoms with Crippen LogP contribution in [0.1, 0.15) is 29.9 Å². The van der Waals surface area contributed by atoms with Crippen molar-refractivity contribution in [2.24, 2.45) is 0 Å². The second-order valence-electron chi connectivity index (χ2n) is 7.77. The maximum absolute atomic E-state index is 12.3. The first kappa shape index (κ1) is 23.2. The van der Waals surface area contributed by atoms with Crippen LogP contribution in [0.4, 0.5) is 16.2 Å². The molecule has 0 aliphatic carbocycles. The summed E-state index contributed by atoms with van der Waals surface area (Å²) in [7, 11) is 0. The highest BCUT2D eigenvalue weighted by molar-refractivity contribution is 7.13. The van der Waals surface area contributed by atoms with Gasteiger partial charge in [-0.1, -0.05) is 35.5 Å². The molecule has 34 heavy (non-hydrogen) atoms. The summed E-state index contributed by atoms with van der Waals surface area (Å²) in [4.78, 5) is 29.8. The van der Waals surface area contributed by atoms with Gasteiger partial charge >= 0.3 is 6.03 Å². The van der Waals surface area contributed by atoms with E-state index < -0.39 is 0 Å². The Morgan fingerprint density at radius 1 is 1.00 bits per heavy atom. The Kier molecular flexibility index (Phi) is 7.67. The summed E-state index contributed by atoms with van der Waals surface area (Å²) < 4.78 is 5.26. The molecule has 2 aromatic carbocycles. The maximum atomic E-state index is 12.3. The molecule has 0 atom stereocenters. The number of hydrogen-bond acceptors (Lipinski definition) is 6. The number of urea groups is 1. The van der Waals surface area contributed by atoms with Gasteiger partial charge < -0.3 is 20.5 Å². The third kappa shape index (κ3) is 6.76. The van der Waals surface area contributed by atoms with Crippen LogP contribution in [0.2, 0.25) is 0 Å². The SMILES string of the molecule is Cc1cccc(NC(=O)Nc2cccc(CNC(=O)CCCc3nc(-c4cccs4)no3)c2)c1. The van der Waals surface area contributed by atoms with Gasteiger partial charge in [-0.3, -0.25) is 4.79 Å². The maximum Gasteiger partial charge on any atom is 0.323 e. The van der Waals surface area contributed by atoms with Crippen molar-refractivity contribution < 1.29 is 14.1 Å². The second kappa shape index (κ2) is 11.2. The van der Waals surface area contributed by atoms with Gasteiger partial charge in [0.05, 0.1) is 4.88 Å². The highest BCUT2D eigenvalue weighted by atomic mass is 32.1. The highest BCUT2D eigenvalue weighted by Gasteiger charge is 2.10. The molecule has 3 amide bonds.